The lowest BCUT2D eigenvalue weighted by molar-refractivity contribution is -0.0242. The van der Waals surface area contributed by atoms with Gasteiger partial charge in [0.15, 0.2) is 5.72 Å². The normalized spacial score (nSPS) is 23.0. The van der Waals surface area contributed by atoms with Gasteiger partial charge in [-0.1, -0.05) is 35.3 Å². The van der Waals surface area contributed by atoms with Crippen molar-refractivity contribution < 1.29 is 5.11 Å². The molecule has 0 bridgehead atoms. The SMILES string of the molecule is OC1(c2ccc(Cl)cc2)c2cc(Cl)ccc2C2=NCCN21. The highest BCUT2D eigenvalue weighted by Crippen LogP contribution is 2.44. The van der Waals surface area contributed by atoms with Gasteiger partial charge in [0.25, 0.3) is 0 Å². The van der Waals surface area contributed by atoms with Crippen molar-refractivity contribution in [1.29, 1.82) is 0 Å². The third kappa shape index (κ3) is 1.75. The van der Waals surface area contributed by atoms with E-state index in [4.69, 9.17) is 23.2 Å². The first-order chi connectivity index (χ1) is 10.1. The zero-order valence-corrected chi connectivity index (χ0v) is 12.6. The van der Waals surface area contributed by atoms with Crippen molar-refractivity contribution >= 4 is 29.0 Å². The molecule has 4 rings (SSSR count). The maximum absolute atomic E-state index is 11.4. The molecule has 2 aliphatic rings. The zero-order valence-electron chi connectivity index (χ0n) is 11.1. The summed E-state index contributed by atoms with van der Waals surface area (Å²) in [6.45, 7) is 1.37. The lowest BCUT2D eigenvalue weighted by Crippen LogP contribution is -2.43. The van der Waals surface area contributed by atoms with Gasteiger partial charge in [-0.3, -0.25) is 4.99 Å². The van der Waals surface area contributed by atoms with Gasteiger partial charge in [0, 0.05) is 33.3 Å². The van der Waals surface area contributed by atoms with Crippen molar-refractivity contribution in [3.63, 3.8) is 0 Å². The summed E-state index contributed by atoms with van der Waals surface area (Å²) in [5.41, 5.74) is 1.24. The van der Waals surface area contributed by atoms with Gasteiger partial charge < -0.3 is 10.0 Å². The molecule has 5 heteroatoms. The van der Waals surface area contributed by atoms with Gasteiger partial charge in [0.05, 0.1) is 6.54 Å². The molecular weight excluding hydrogens is 307 g/mol. The fourth-order valence-corrected chi connectivity index (χ4v) is 3.43. The summed E-state index contributed by atoms with van der Waals surface area (Å²) in [4.78, 5) is 6.45. The monoisotopic (exact) mass is 318 g/mol. The molecule has 1 atom stereocenters. The van der Waals surface area contributed by atoms with Crippen LogP contribution in [0.4, 0.5) is 0 Å². The highest BCUT2D eigenvalue weighted by Gasteiger charge is 2.49. The first-order valence-corrected chi connectivity index (χ1v) is 7.47. The molecule has 2 aliphatic heterocycles. The predicted molar refractivity (Wildman–Crippen MR) is 84.0 cm³/mol. The molecule has 1 unspecified atom stereocenters. The van der Waals surface area contributed by atoms with Crippen LogP contribution in [-0.4, -0.2) is 28.9 Å². The molecule has 2 heterocycles. The van der Waals surface area contributed by atoms with Gasteiger partial charge in [-0.05, 0) is 30.3 Å². The molecule has 3 nitrogen and oxygen atoms in total. The molecule has 0 radical (unpaired) electrons. The number of halogens is 2. The number of amidine groups is 1. The van der Waals surface area contributed by atoms with Crippen LogP contribution in [0, 0.1) is 0 Å². The molecule has 0 saturated carbocycles. The van der Waals surface area contributed by atoms with E-state index in [0.717, 1.165) is 22.5 Å². The third-order valence-corrected chi connectivity index (χ3v) is 4.56. The van der Waals surface area contributed by atoms with E-state index in [1.807, 2.05) is 35.2 Å². The van der Waals surface area contributed by atoms with Crippen LogP contribution < -0.4 is 0 Å². The number of hydrogen-bond acceptors (Lipinski definition) is 3. The first-order valence-electron chi connectivity index (χ1n) is 6.71. The molecule has 21 heavy (non-hydrogen) atoms. The fourth-order valence-electron chi connectivity index (χ4n) is 3.13. The number of aliphatic imine (C=N–C) groups is 1. The van der Waals surface area contributed by atoms with Gasteiger partial charge in [-0.2, -0.15) is 0 Å². The van der Waals surface area contributed by atoms with Gasteiger partial charge in [0.1, 0.15) is 5.84 Å². The smallest absolute Gasteiger partial charge is 0.193 e. The van der Waals surface area contributed by atoms with Crippen LogP contribution in [0.25, 0.3) is 0 Å². The molecule has 106 valence electrons. The Kier molecular flexibility index (Phi) is 2.80. The minimum absolute atomic E-state index is 0.600. The average Bonchev–Trinajstić information content (AvgIpc) is 3.03. The molecule has 0 aliphatic carbocycles. The summed E-state index contributed by atoms with van der Waals surface area (Å²) >= 11 is 12.1. The Bertz CT molecular complexity index is 757. The number of aliphatic hydroxyl groups is 1. The highest BCUT2D eigenvalue weighted by molar-refractivity contribution is 6.31. The van der Waals surface area contributed by atoms with Crippen molar-refractivity contribution in [3.8, 4) is 0 Å². The van der Waals surface area contributed by atoms with E-state index in [0.29, 0.717) is 23.1 Å². The van der Waals surface area contributed by atoms with Crippen LogP contribution in [0.2, 0.25) is 10.0 Å². The Morgan fingerprint density at radius 3 is 2.52 bits per heavy atom. The second-order valence-corrected chi connectivity index (χ2v) is 6.10. The Balaban J connectivity index is 1.98. The number of hydrogen-bond donors (Lipinski definition) is 1. The van der Waals surface area contributed by atoms with Gasteiger partial charge in [0.2, 0.25) is 0 Å². The van der Waals surface area contributed by atoms with E-state index in [-0.39, 0.29) is 0 Å². The Morgan fingerprint density at radius 2 is 1.76 bits per heavy atom. The van der Waals surface area contributed by atoms with Gasteiger partial charge >= 0.3 is 0 Å². The van der Waals surface area contributed by atoms with Crippen molar-refractivity contribution in [1.82, 2.24) is 4.90 Å². The van der Waals surface area contributed by atoms with Crippen LogP contribution in [0.1, 0.15) is 16.7 Å². The fraction of sp³-hybridized carbons (Fsp3) is 0.188. The summed E-state index contributed by atoms with van der Waals surface area (Å²) in [5, 5.41) is 12.7. The molecule has 0 amide bonds. The Labute approximate surface area is 132 Å². The Morgan fingerprint density at radius 1 is 1.05 bits per heavy atom. The van der Waals surface area contributed by atoms with Crippen molar-refractivity contribution in [2.45, 2.75) is 5.72 Å². The second-order valence-electron chi connectivity index (χ2n) is 5.23. The molecule has 0 fully saturated rings. The van der Waals surface area contributed by atoms with Crippen molar-refractivity contribution in [3.05, 3.63) is 69.2 Å². The van der Waals surface area contributed by atoms with E-state index in [9.17, 15) is 5.11 Å². The largest absolute Gasteiger partial charge is 0.363 e. The van der Waals surface area contributed by atoms with Crippen LogP contribution in [0.15, 0.2) is 47.5 Å². The number of rotatable bonds is 1. The summed E-state index contributed by atoms with van der Waals surface area (Å²) < 4.78 is 0. The van der Waals surface area contributed by atoms with Crippen LogP contribution >= 0.6 is 23.2 Å². The van der Waals surface area contributed by atoms with E-state index in [1.165, 1.54) is 0 Å². The molecular formula is C16H12Cl2N2O. The summed E-state index contributed by atoms with van der Waals surface area (Å²) in [5.74, 6) is 0.833. The van der Waals surface area contributed by atoms with Crippen molar-refractivity contribution in [2.75, 3.05) is 13.1 Å². The maximum Gasteiger partial charge on any atom is 0.193 e. The quantitative estimate of drug-likeness (QED) is 0.876. The minimum atomic E-state index is -1.24. The highest BCUT2D eigenvalue weighted by atomic mass is 35.5. The second kappa shape index (κ2) is 4.47. The maximum atomic E-state index is 11.4. The lowest BCUT2D eigenvalue weighted by atomic mass is 9.93. The summed E-state index contributed by atoms with van der Waals surface area (Å²) in [7, 11) is 0. The molecule has 0 aromatic heterocycles. The lowest BCUT2D eigenvalue weighted by Gasteiger charge is -2.34. The Hall–Kier alpha value is -1.55. The number of nitrogens with zero attached hydrogens (tertiary/aromatic N) is 2. The number of benzene rings is 2. The van der Waals surface area contributed by atoms with E-state index in [2.05, 4.69) is 4.99 Å². The van der Waals surface area contributed by atoms with Crippen LogP contribution in [0.3, 0.4) is 0 Å². The minimum Gasteiger partial charge on any atom is -0.363 e. The first kappa shape index (κ1) is 13.1. The van der Waals surface area contributed by atoms with Crippen molar-refractivity contribution in [2.24, 2.45) is 4.99 Å². The molecule has 2 aromatic rings. The van der Waals surface area contributed by atoms with E-state index < -0.39 is 5.72 Å². The van der Waals surface area contributed by atoms with Crippen LogP contribution in [0.5, 0.6) is 0 Å². The summed E-state index contributed by atoms with van der Waals surface area (Å²) in [6, 6.07) is 12.8. The van der Waals surface area contributed by atoms with Crippen LogP contribution in [-0.2, 0) is 5.72 Å². The third-order valence-electron chi connectivity index (χ3n) is 4.08. The standard InChI is InChI=1S/C16H12Cl2N2O/c17-11-3-1-10(2-4-11)16(21)14-9-12(18)5-6-13(14)15-19-7-8-20(15)16/h1-6,9,21H,7-8H2. The van der Waals surface area contributed by atoms with E-state index >= 15 is 0 Å². The van der Waals surface area contributed by atoms with E-state index in [1.54, 1.807) is 12.1 Å². The molecule has 0 saturated heterocycles. The zero-order chi connectivity index (χ0) is 14.6. The molecule has 1 N–H and O–H groups in total. The molecule has 0 spiro atoms. The molecule has 2 aromatic carbocycles. The van der Waals surface area contributed by atoms with Gasteiger partial charge in [-0.25, -0.2) is 0 Å². The predicted octanol–water partition coefficient (Wildman–Crippen LogP) is 3.26. The summed E-state index contributed by atoms with van der Waals surface area (Å²) in [6.07, 6.45) is 0. The average molecular weight is 319 g/mol. The number of fused-ring (bicyclic) bond motifs is 3. The topological polar surface area (TPSA) is 35.8 Å². The van der Waals surface area contributed by atoms with Gasteiger partial charge in [-0.15, -0.1) is 0 Å².